The number of amides is 1. The highest BCUT2D eigenvalue weighted by atomic mass is 32.2. The van der Waals surface area contributed by atoms with Gasteiger partial charge in [0.2, 0.25) is 0 Å². The Labute approximate surface area is 133 Å². The molecule has 0 radical (unpaired) electrons. The Balaban J connectivity index is 2.02. The van der Waals surface area contributed by atoms with Crippen molar-refractivity contribution in [2.45, 2.75) is 42.4 Å². The molecule has 1 aromatic rings. The van der Waals surface area contributed by atoms with Crippen LogP contribution in [0, 0.1) is 0 Å². The van der Waals surface area contributed by atoms with Gasteiger partial charge in [0.25, 0.3) is 0 Å². The molecule has 0 saturated carbocycles. The van der Waals surface area contributed by atoms with Crippen molar-refractivity contribution >= 4 is 23.8 Å². The molecule has 1 aromatic heterocycles. The van der Waals surface area contributed by atoms with Crippen LogP contribution < -0.4 is 0 Å². The Kier molecular flexibility index (Phi) is 4.65. The molecule has 2 rings (SSSR count). The van der Waals surface area contributed by atoms with Crippen LogP contribution in [-0.4, -0.2) is 50.5 Å². The van der Waals surface area contributed by atoms with Crippen LogP contribution in [0.3, 0.4) is 0 Å². The van der Waals surface area contributed by atoms with Crippen LogP contribution in [-0.2, 0) is 9.53 Å². The lowest BCUT2D eigenvalue weighted by Gasteiger charge is -2.48. The van der Waals surface area contributed by atoms with Crippen LogP contribution in [0.15, 0.2) is 29.4 Å². The summed E-state index contributed by atoms with van der Waals surface area (Å²) in [4.78, 5) is 29.6. The molecule has 0 atom stereocenters. The molecule has 0 unspecified atom stereocenters. The van der Waals surface area contributed by atoms with Gasteiger partial charge in [-0.2, -0.15) is 0 Å². The van der Waals surface area contributed by atoms with E-state index in [1.54, 1.807) is 38.1 Å². The van der Waals surface area contributed by atoms with E-state index in [1.165, 1.54) is 11.8 Å². The zero-order valence-electron chi connectivity index (χ0n) is 12.9. The number of carboxylic acid groups (broad SMARTS) is 1. The lowest BCUT2D eigenvalue weighted by Crippen LogP contribution is -2.62. The summed E-state index contributed by atoms with van der Waals surface area (Å²) in [7, 11) is 0. The summed E-state index contributed by atoms with van der Waals surface area (Å²) in [6.45, 7) is 6.14. The number of likely N-dealkylation sites (tertiary alicyclic amines) is 1. The summed E-state index contributed by atoms with van der Waals surface area (Å²) in [6, 6.07) is 3.68. The minimum Gasteiger partial charge on any atom is -0.481 e. The summed E-state index contributed by atoms with van der Waals surface area (Å²) in [5, 5.41) is 9.14. The molecule has 0 bridgehead atoms. The molecule has 0 spiro atoms. The van der Waals surface area contributed by atoms with Crippen LogP contribution in [0.1, 0.15) is 27.2 Å². The summed E-state index contributed by atoms with van der Waals surface area (Å²) in [5.41, 5.74) is -0.555. The van der Waals surface area contributed by atoms with Crippen LogP contribution in [0.4, 0.5) is 4.79 Å². The first-order valence-corrected chi connectivity index (χ1v) is 7.80. The first-order chi connectivity index (χ1) is 10.2. The maximum atomic E-state index is 12.0. The van der Waals surface area contributed by atoms with Crippen molar-refractivity contribution in [3.63, 3.8) is 0 Å². The third-order valence-corrected chi connectivity index (χ3v) is 4.41. The van der Waals surface area contributed by atoms with Crippen molar-refractivity contribution in [2.24, 2.45) is 0 Å². The quantitative estimate of drug-likeness (QED) is 0.917. The second-order valence-electron chi connectivity index (χ2n) is 6.37. The van der Waals surface area contributed by atoms with Gasteiger partial charge < -0.3 is 14.7 Å². The minimum absolute atomic E-state index is 0.000707. The predicted molar refractivity (Wildman–Crippen MR) is 82.9 cm³/mol. The monoisotopic (exact) mass is 324 g/mol. The fourth-order valence-corrected chi connectivity index (χ4v) is 3.64. The fraction of sp³-hybridized carbons (Fsp3) is 0.533. The molecule has 6 nitrogen and oxygen atoms in total. The highest BCUT2D eigenvalue weighted by Crippen LogP contribution is 2.43. The Morgan fingerprint density at radius 3 is 2.45 bits per heavy atom. The number of carbonyl (C=O) groups excluding carboxylic acids is 1. The average molecular weight is 324 g/mol. The molecule has 1 saturated heterocycles. The van der Waals surface area contributed by atoms with Gasteiger partial charge in [-0.1, -0.05) is 0 Å². The largest absolute Gasteiger partial charge is 0.481 e. The second kappa shape index (κ2) is 6.16. The molecule has 0 aromatic carbocycles. The molecule has 1 fully saturated rings. The van der Waals surface area contributed by atoms with E-state index in [-0.39, 0.29) is 6.42 Å². The lowest BCUT2D eigenvalue weighted by atomic mass is 9.95. The van der Waals surface area contributed by atoms with Crippen LogP contribution in [0.25, 0.3) is 0 Å². The van der Waals surface area contributed by atoms with E-state index in [0.29, 0.717) is 13.1 Å². The summed E-state index contributed by atoms with van der Waals surface area (Å²) in [6.07, 6.45) is 2.94. The molecule has 7 heteroatoms. The van der Waals surface area contributed by atoms with Gasteiger partial charge in [-0.25, -0.2) is 4.79 Å². The first-order valence-electron chi connectivity index (χ1n) is 6.98. The van der Waals surface area contributed by atoms with E-state index in [2.05, 4.69) is 4.98 Å². The molecule has 1 amide bonds. The Morgan fingerprint density at radius 1 is 1.36 bits per heavy atom. The van der Waals surface area contributed by atoms with E-state index in [0.717, 1.165) is 4.90 Å². The van der Waals surface area contributed by atoms with Gasteiger partial charge >= 0.3 is 12.1 Å². The van der Waals surface area contributed by atoms with Gasteiger partial charge in [0, 0.05) is 30.4 Å². The number of carboxylic acids is 1. The van der Waals surface area contributed by atoms with Crippen molar-refractivity contribution in [3.8, 4) is 0 Å². The zero-order chi connectivity index (χ0) is 16.4. The van der Waals surface area contributed by atoms with Gasteiger partial charge in [0.05, 0.1) is 11.2 Å². The van der Waals surface area contributed by atoms with Crippen LogP contribution in [0.5, 0.6) is 0 Å². The van der Waals surface area contributed by atoms with E-state index in [1.807, 2.05) is 12.1 Å². The number of nitrogens with zero attached hydrogens (tertiary/aromatic N) is 2. The molecular formula is C15H20N2O4S. The summed E-state index contributed by atoms with van der Waals surface area (Å²) in [5.74, 6) is -0.870. The summed E-state index contributed by atoms with van der Waals surface area (Å²) >= 11 is 1.48. The van der Waals surface area contributed by atoms with Crippen molar-refractivity contribution < 1.29 is 19.4 Å². The topological polar surface area (TPSA) is 79.7 Å². The van der Waals surface area contributed by atoms with Gasteiger partial charge in [0.15, 0.2) is 0 Å². The Morgan fingerprint density at radius 2 is 1.95 bits per heavy atom. The molecule has 22 heavy (non-hydrogen) atoms. The molecular weight excluding hydrogens is 304 g/mol. The lowest BCUT2D eigenvalue weighted by molar-refractivity contribution is -0.138. The number of aromatic nitrogens is 1. The SMILES string of the molecule is CC(C)(C)OC(=O)N1CC(CC(=O)O)(Sc2ccncc2)C1. The summed E-state index contributed by atoms with van der Waals surface area (Å²) < 4.78 is 4.80. The van der Waals surface area contributed by atoms with Crippen molar-refractivity contribution in [1.29, 1.82) is 0 Å². The van der Waals surface area contributed by atoms with Gasteiger partial charge in [-0.15, -0.1) is 11.8 Å². The fourth-order valence-electron chi connectivity index (χ4n) is 2.25. The number of pyridine rings is 1. The molecule has 1 aliphatic heterocycles. The van der Waals surface area contributed by atoms with Crippen molar-refractivity contribution in [1.82, 2.24) is 9.88 Å². The van der Waals surface area contributed by atoms with E-state index in [9.17, 15) is 9.59 Å². The highest BCUT2D eigenvalue weighted by molar-refractivity contribution is 8.00. The van der Waals surface area contributed by atoms with E-state index in [4.69, 9.17) is 9.84 Å². The number of hydrogen-bond donors (Lipinski definition) is 1. The number of rotatable bonds is 4. The number of carbonyl (C=O) groups is 2. The Hall–Kier alpha value is -1.76. The van der Waals surface area contributed by atoms with E-state index >= 15 is 0 Å². The maximum Gasteiger partial charge on any atom is 0.410 e. The number of ether oxygens (including phenoxy) is 1. The molecule has 2 heterocycles. The van der Waals surface area contributed by atoms with E-state index < -0.39 is 22.4 Å². The van der Waals surface area contributed by atoms with Gasteiger partial charge in [0.1, 0.15) is 5.60 Å². The third kappa shape index (κ3) is 4.37. The van der Waals surface area contributed by atoms with Gasteiger partial charge in [-0.05, 0) is 32.9 Å². The third-order valence-electron chi connectivity index (χ3n) is 3.07. The molecule has 1 aliphatic rings. The smallest absolute Gasteiger partial charge is 0.410 e. The number of aliphatic carboxylic acids is 1. The number of hydrogen-bond acceptors (Lipinski definition) is 5. The first kappa shape index (κ1) is 16.6. The van der Waals surface area contributed by atoms with Crippen molar-refractivity contribution in [3.05, 3.63) is 24.5 Å². The number of thioether (sulfide) groups is 1. The zero-order valence-corrected chi connectivity index (χ0v) is 13.7. The predicted octanol–water partition coefficient (Wildman–Crippen LogP) is 2.64. The highest BCUT2D eigenvalue weighted by Gasteiger charge is 2.48. The average Bonchev–Trinajstić information content (AvgIpc) is 2.33. The molecule has 0 aliphatic carbocycles. The van der Waals surface area contributed by atoms with Gasteiger partial charge in [-0.3, -0.25) is 9.78 Å². The maximum absolute atomic E-state index is 12.0. The van der Waals surface area contributed by atoms with Crippen LogP contribution in [0.2, 0.25) is 0 Å². The molecule has 120 valence electrons. The van der Waals surface area contributed by atoms with Crippen molar-refractivity contribution in [2.75, 3.05) is 13.1 Å². The second-order valence-corrected chi connectivity index (χ2v) is 7.92. The van der Waals surface area contributed by atoms with Crippen LogP contribution >= 0.6 is 11.8 Å². The minimum atomic E-state index is -0.870. The Bertz CT molecular complexity index is 550. The molecule has 1 N–H and O–H groups in total. The standard InChI is InChI=1S/C15H20N2O4S/c1-14(2,3)21-13(20)17-9-15(10-17,8-12(18)19)22-11-4-6-16-7-5-11/h4-7H,8-10H2,1-3H3,(H,18,19). The normalized spacial score (nSPS) is 16.8.